The lowest BCUT2D eigenvalue weighted by molar-refractivity contribution is -0.117. The summed E-state index contributed by atoms with van der Waals surface area (Å²) in [5, 5.41) is 6.23. The van der Waals surface area contributed by atoms with E-state index < -0.39 is 0 Å². The minimum absolute atomic E-state index is 0.0264. The number of benzene rings is 1. The van der Waals surface area contributed by atoms with E-state index in [-0.39, 0.29) is 11.9 Å². The molecule has 1 aromatic rings. The molecule has 0 unspecified atom stereocenters. The zero-order valence-corrected chi connectivity index (χ0v) is 12.5. The molecule has 0 radical (unpaired) electrons. The third-order valence-electron chi connectivity index (χ3n) is 3.87. The highest BCUT2D eigenvalue weighted by Gasteiger charge is 2.21. The second-order valence-electron chi connectivity index (χ2n) is 5.30. The number of nitrogens with one attached hydrogen (secondary N) is 2. The lowest BCUT2D eigenvalue weighted by atomic mass is 10.1. The Kier molecular flexibility index (Phi) is 5.56. The van der Waals surface area contributed by atoms with Crippen molar-refractivity contribution in [2.24, 2.45) is 0 Å². The van der Waals surface area contributed by atoms with Crippen molar-refractivity contribution in [3.8, 4) is 0 Å². The molecular formula is C16H25N3O. The highest BCUT2D eigenvalue weighted by atomic mass is 16.2. The van der Waals surface area contributed by atoms with E-state index >= 15 is 0 Å². The van der Waals surface area contributed by atoms with Crippen molar-refractivity contribution in [3.63, 3.8) is 0 Å². The summed E-state index contributed by atoms with van der Waals surface area (Å²) < 4.78 is 0. The molecule has 2 rings (SSSR count). The zero-order chi connectivity index (χ0) is 14.4. The van der Waals surface area contributed by atoms with Crippen LogP contribution < -0.4 is 10.6 Å². The molecule has 0 spiro atoms. The van der Waals surface area contributed by atoms with Gasteiger partial charge in [-0.2, -0.15) is 0 Å². The Bertz CT molecular complexity index is 437. The summed E-state index contributed by atoms with van der Waals surface area (Å²) in [5.41, 5.74) is 2.14. The van der Waals surface area contributed by atoms with E-state index in [0.717, 1.165) is 44.7 Å². The van der Waals surface area contributed by atoms with Crippen LogP contribution in [0.3, 0.4) is 0 Å². The number of anilines is 1. The molecule has 1 amide bonds. The van der Waals surface area contributed by atoms with Crippen molar-refractivity contribution in [2.45, 2.75) is 39.3 Å². The van der Waals surface area contributed by atoms with Crippen LogP contribution in [-0.4, -0.2) is 36.5 Å². The molecule has 2 N–H and O–H groups in total. The largest absolute Gasteiger partial charge is 0.325 e. The van der Waals surface area contributed by atoms with E-state index in [1.54, 1.807) is 0 Å². The molecule has 0 aromatic heterocycles. The Morgan fingerprint density at radius 2 is 2.20 bits per heavy atom. The number of amides is 1. The van der Waals surface area contributed by atoms with Crippen LogP contribution >= 0.6 is 0 Å². The van der Waals surface area contributed by atoms with Gasteiger partial charge in [-0.3, -0.25) is 9.69 Å². The van der Waals surface area contributed by atoms with Crippen LogP contribution in [0.25, 0.3) is 0 Å². The van der Waals surface area contributed by atoms with Crippen LogP contribution in [-0.2, 0) is 11.3 Å². The summed E-state index contributed by atoms with van der Waals surface area (Å²) in [6, 6.07) is 8.13. The summed E-state index contributed by atoms with van der Waals surface area (Å²) in [5.74, 6) is 0.0856. The number of nitrogens with zero attached hydrogens (tertiary/aromatic N) is 1. The topological polar surface area (TPSA) is 44.4 Å². The van der Waals surface area contributed by atoms with Crippen LogP contribution in [0.1, 0.15) is 32.3 Å². The van der Waals surface area contributed by atoms with E-state index in [0.29, 0.717) is 0 Å². The first-order valence-electron chi connectivity index (χ1n) is 7.58. The molecular weight excluding hydrogens is 250 g/mol. The molecule has 0 aliphatic carbocycles. The number of hydrogen-bond donors (Lipinski definition) is 2. The van der Waals surface area contributed by atoms with Crippen molar-refractivity contribution in [3.05, 3.63) is 29.8 Å². The third-order valence-corrected chi connectivity index (χ3v) is 3.87. The first kappa shape index (κ1) is 15.0. The quantitative estimate of drug-likeness (QED) is 0.836. The van der Waals surface area contributed by atoms with Gasteiger partial charge in [0.05, 0.1) is 6.04 Å². The standard InChI is InChI=1S/C16H25N3O/c1-3-19(4-2)12-13-7-5-8-14(11-13)18-16(20)15-9-6-10-17-15/h5,7-8,11,15,17H,3-4,6,9-10,12H2,1-2H3,(H,18,20)/t15-/m1/s1. The van der Waals surface area contributed by atoms with Crippen LogP contribution in [0.2, 0.25) is 0 Å². The maximum Gasteiger partial charge on any atom is 0.241 e. The monoisotopic (exact) mass is 275 g/mol. The van der Waals surface area contributed by atoms with Crippen molar-refractivity contribution in [1.82, 2.24) is 10.2 Å². The molecule has 20 heavy (non-hydrogen) atoms. The molecule has 110 valence electrons. The Hall–Kier alpha value is -1.39. The van der Waals surface area contributed by atoms with E-state index in [9.17, 15) is 4.79 Å². The molecule has 1 fully saturated rings. The number of carbonyl (C=O) groups is 1. The maximum absolute atomic E-state index is 12.1. The summed E-state index contributed by atoms with van der Waals surface area (Å²) in [6.45, 7) is 8.29. The lowest BCUT2D eigenvalue weighted by Gasteiger charge is -2.18. The average molecular weight is 275 g/mol. The third kappa shape index (κ3) is 4.05. The van der Waals surface area contributed by atoms with Crippen molar-refractivity contribution < 1.29 is 4.79 Å². The van der Waals surface area contributed by atoms with E-state index in [2.05, 4.69) is 41.5 Å². The number of carbonyl (C=O) groups excluding carboxylic acids is 1. The van der Waals surface area contributed by atoms with Gasteiger partial charge in [-0.25, -0.2) is 0 Å². The molecule has 0 bridgehead atoms. The van der Waals surface area contributed by atoms with Gasteiger partial charge in [0.15, 0.2) is 0 Å². The second kappa shape index (κ2) is 7.41. The molecule has 1 atom stereocenters. The van der Waals surface area contributed by atoms with Crippen LogP contribution in [0.4, 0.5) is 5.69 Å². The average Bonchev–Trinajstić information content (AvgIpc) is 2.99. The second-order valence-corrected chi connectivity index (χ2v) is 5.30. The highest BCUT2D eigenvalue weighted by molar-refractivity contribution is 5.95. The normalized spacial score (nSPS) is 18.4. The van der Waals surface area contributed by atoms with Gasteiger partial charge in [0.1, 0.15) is 0 Å². The summed E-state index contributed by atoms with van der Waals surface area (Å²) in [4.78, 5) is 14.4. The minimum atomic E-state index is -0.0264. The van der Waals surface area contributed by atoms with Gasteiger partial charge in [0.25, 0.3) is 0 Å². The van der Waals surface area contributed by atoms with E-state index in [4.69, 9.17) is 0 Å². The Morgan fingerprint density at radius 1 is 1.40 bits per heavy atom. The van der Waals surface area contributed by atoms with E-state index in [1.807, 2.05) is 12.1 Å². The maximum atomic E-state index is 12.1. The van der Waals surface area contributed by atoms with Crippen LogP contribution in [0, 0.1) is 0 Å². The summed E-state index contributed by atoms with van der Waals surface area (Å²) in [6.07, 6.45) is 2.02. The molecule has 0 saturated carbocycles. The predicted molar refractivity (Wildman–Crippen MR) is 82.7 cm³/mol. The Balaban J connectivity index is 1.96. The number of hydrogen-bond acceptors (Lipinski definition) is 3. The summed E-state index contributed by atoms with van der Waals surface area (Å²) in [7, 11) is 0. The fourth-order valence-corrected chi connectivity index (χ4v) is 2.59. The highest BCUT2D eigenvalue weighted by Crippen LogP contribution is 2.14. The van der Waals surface area contributed by atoms with Crippen LogP contribution in [0.15, 0.2) is 24.3 Å². The van der Waals surface area contributed by atoms with Crippen LogP contribution in [0.5, 0.6) is 0 Å². The van der Waals surface area contributed by atoms with Gasteiger partial charge in [-0.05, 0) is 50.2 Å². The first-order valence-corrected chi connectivity index (χ1v) is 7.58. The Labute approximate surface area is 121 Å². The molecule has 1 aliphatic rings. The molecule has 1 heterocycles. The van der Waals surface area contributed by atoms with Crippen molar-refractivity contribution >= 4 is 11.6 Å². The Morgan fingerprint density at radius 3 is 2.85 bits per heavy atom. The van der Waals surface area contributed by atoms with E-state index in [1.165, 1.54) is 5.56 Å². The number of rotatable bonds is 6. The smallest absolute Gasteiger partial charge is 0.241 e. The fraction of sp³-hybridized carbons (Fsp3) is 0.562. The van der Waals surface area contributed by atoms with Gasteiger partial charge < -0.3 is 10.6 Å². The molecule has 4 heteroatoms. The van der Waals surface area contributed by atoms with Gasteiger partial charge in [0, 0.05) is 12.2 Å². The summed E-state index contributed by atoms with van der Waals surface area (Å²) >= 11 is 0. The molecule has 1 aliphatic heterocycles. The SMILES string of the molecule is CCN(CC)Cc1cccc(NC(=O)[C@H]2CCCN2)c1. The zero-order valence-electron chi connectivity index (χ0n) is 12.5. The molecule has 4 nitrogen and oxygen atoms in total. The first-order chi connectivity index (χ1) is 9.72. The van der Waals surface area contributed by atoms with Gasteiger partial charge in [-0.15, -0.1) is 0 Å². The van der Waals surface area contributed by atoms with Gasteiger partial charge >= 0.3 is 0 Å². The van der Waals surface area contributed by atoms with Gasteiger partial charge in [-0.1, -0.05) is 26.0 Å². The predicted octanol–water partition coefficient (Wildman–Crippen LogP) is 2.22. The van der Waals surface area contributed by atoms with Crippen molar-refractivity contribution in [2.75, 3.05) is 25.0 Å². The molecule has 1 aromatic carbocycles. The fourth-order valence-electron chi connectivity index (χ4n) is 2.59. The molecule has 1 saturated heterocycles. The lowest BCUT2D eigenvalue weighted by Crippen LogP contribution is -2.35. The van der Waals surface area contributed by atoms with Crippen molar-refractivity contribution in [1.29, 1.82) is 0 Å². The van der Waals surface area contributed by atoms with Gasteiger partial charge in [0.2, 0.25) is 5.91 Å². The minimum Gasteiger partial charge on any atom is -0.325 e.